The predicted octanol–water partition coefficient (Wildman–Crippen LogP) is 3.87. The highest BCUT2D eigenvalue weighted by Crippen LogP contribution is 2.30. The molecule has 100 valence electrons. The van der Waals surface area contributed by atoms with Gasteiger partial charge in [-0.3, -0.25) is 0 Å². The van der Waals surface area contributed by atoms with Gasteiger partial charge in [-0.05, 0) is 37.0 Å². The van der Waals surface area contributed by atoms with Gasteiger partial charge in [-0.1, -0.05) is 29.1 Å². The molecule has 19 heavy (non-hydrogen) atoms. The third-order valence-corrected chi connectivity index (χ3v) is 3.65. The number of urea groups is 1. The molecular weight excluding hydrogens is 283 g/mol. The maximum absolute atomic E-state index is 12.1. The monoisotopic (exact) mass is 296 g/mol. The number of rotatable bonds is 4. The van der Waals surface area contributed by atoms with Crippen molar-refractivity contribution in [1.82, 2.24) is 4.90 Å². The van der Waals surface area contributed by atoms with E-state index < -0.39 is 0 Å². The smallest absolute Gasteiger partial charge is 0.313 e. The number of amides is 2. The molecule has 0 radical (unpaired) electrons. The predicted molar refractivity (Wildman–Crippen MR) is 78.6 cm³/mol. The zero-order valence-electron chi connectivity index (χ0n) is 10.3. The van der Waals surface area contributed by atoms with Crippen molar-refractivity contribution in [1.29, 1.82) is 0 Å². The lowest BCUT2D eigenvalue weighted by Gasteiger charge is -2.20. The van der Waals surface area contributed by atoms with E-state index in [1.807, 2.05) is 0 Å². The van der Waals surface area contributed by atoms with Crippen LogP contribution in [0.25, 0.3) is 0 Å². The molecule has 1 aliphatic carbocycles. The third kappa shape index (κ3) is 4.05. The van der Waals surface area contributed by atoms with Crippen LogP contribution in [-0.4, -0.2) is 24.0 Å². The van der Waals surface area contributed by atoms with Crippen LogP contribution in [0, 0.1) is 18.3 Å². The highest BCUT2D eigenvalue weighted by atomic mass is 35.5. The quantitative estimate of drug-likeness (QED) is 0.841. The van der Waals surface area contributed by atoms with Gasteiger partial charge in [0.05, 0.1) is 16.6 Å². The molecule has 0 bridgehead atoms. The second-order valence-electron chi connectivity index (χ2n) is 4.59. The summed E-state index contributed by atoms with van der Waals surface area (Å²) >= 11 is 11.7. The number of carbonyl (C=O) groups excluding carboxylic acids is 1. The lowest BCUT2D eigenvalue weighted by Crippen LogP contribution is -2.36. The van der Waals surface area contributed by atoms with Gasteiger partial charge in [0.2, 0.25) is 0 Å². The molecule has 3 nitrogen and oxygen atoms in total. The number of hydrogen-bond acceptors (Lipinski definition) is 1. The summed E-state index contributed by atoms with van der Waals surface area (Å²) in [5.74, 6) is 3.10. The van der Waals surface area contributed by atoms with E-state index >= 15 is 0 Å². The number of anilines is 1. The molecule has 1 saturated carbocycles. The molecule has 0 atom stereocenters. The van der Waals surface area contributed by atoms with Crippen LogP contribution in [0.1, 0.15) is 12.8 Å². The Balaban J connectivity index is 2.00. The molecule has 0 heterocycles. The maximum Gasteiger partial charge on any atom is 0.322 e. The Bertz CT molecular complexity index is 521. The van der Waals surface area contributed by atoms with E-state index in [0.29, 0.717) is 34.7 Å². The molecule has 0 aliphatic heterocycles. The number of hydrogen-bond donors (Lipinski definition) is 1. The van der Waals surface area contributed by atoms with Crippen molar-refractivity contribution in [3.8, 4) is 12.3 Å². The second kappa shape index (κ2) is 6.18. The Morgan fingerprint density at radius 3 is 2.74 bits per heavy atom. The van der Waals surface area contributed by atoms with Crippen molar-refractivity contribution < 1.29 is 4.79 Å². The molecule has 2 amide bonds. The van der Waals surface area contributed by atoms with Gasteiger partial charge < -0.3 is 10.2 Å². The fraction of sp³-hybridized carbons (Fsp3) is 0.357. The molecule has 1 aliphatic rings. The Morgan fingerprint density at radius 1 is 1.42 bits per heavy atom. The topological polar surface area (TPSA) is 32.3 Å². The van der Waals surface area contributed by atoms with Crippen molar-refractivity contribution in [2.75, 3.05) is 18.4 Å². The van der Waals surface area contributed by atoms with Crippen molar-refractivity contribution >= 4 is 34.9 Å². The number of nitrogens with one attached hydrogen (secondary N) is 1. The van der Waals surface area contributed by atoms with E-state index in [0.717, 1.165) is 0 Å². The number of carbonyl (C=O) groups is 1. The van der Waals surface area contributed by atoms with Crippen molar-refractivity contribution in [3.63, 3.8) is 0 Å². The van der Waals surface area contributed by atoms with Gasteiger partial charge in [0.1, 0.15) is 0 Å². The molecule has 0 saturated heterocycles. The summed E-state index contributed by atoms with van der Waals surface area (Å²) in [5.41, 5.74) is 0.609. The Morgan fingerprint density at radius 2 is 2.16 bits per heavy atom. The first-order chi connectivity index (χ1) is 9.10. The number of benzene rings is 1. The first-order valence-corrected chi connectivity index (χ1v) is 6.80. The highest BCUT2D eigenvalue weighted by Gasteiger charge is 2.26. The number of terminal acetylenes is 1. The molecule has 5 heteroatoms. The van der Waals surface area contributed by atoms with Gasteiger partial charge in [-0.2, -0.15) is 0 Å². The minimum Gasteiger partial charge on any atom is -0.313 e. The van der Waals surface area contributed by atoms with Crippen LogP contribution >= 0.6 is 23.2 Å². The van der Waals surface area contributed by atoms with E-state index in [1.54, 1.807) is 23.1 Å². The lowest BCUT2D eigenvalue weighted by atomic mass is 10.3. The molecule has 0 aromatic heterocycles. The standard InChI is InChI=1S/C14H14Cl2N2O/c1-2-7-18(9-10-3-4-10)14(19)17-11-5-6-12(15)13(16)8-11/h1,5-6,8,10H,3-4,7,9H2,(H,17,19). The van der Waals surface area contributed by atoms with Crippen LogP contribution < -0.4 is 5.32 Å². The van der Waals surface area contributed by atoms with Gasteiger partial charge in [0.25, 0.3) is 0 Å². The summed E-state index contributed by atoms with van der Waals surface area (Å²) in [5, 5.41) is 3.64. The van der Waals surface area contributed by atoms with Crippen LogP contribution in [0.4, 0.5) is 10.5 Å². The molecule has 1 N–H and O–H groups in total. The van der Waals surface area contributed by atoms with Crippen LogP contribution in [0.15, 0.2) is 18.2 Å². The number of halogens is 2. The average molecular weight is 297 g/mol. The first kappa shape index (κ1) is 14.0. The first-order valence-electron chi connectivity index (χ1n) is 6.04. The van der Waals surface area contributed by atoms with E-state index in [9.17, 15) is 4.79 Å². The zero-order valence-corrected chi connectivity index (χ0v) is 11.8. The second-order valence-corrected chi connectivity index (χ2v) is 5.40. The van der Waals surface area contributed by atoms with Crippen molar-refractivity contribution in [2.24, 2.45) is 5.92 Å². The zero-order chi connectivity index (χ0) is 13.8. The van der Waals surface area contributed by atoms with Crippen LogP contribution in [0.2, 0.25) is 10.0 Å². The SMILES string of the molecule is C#CCN(CC1CC1)C(=O)Nc1ccc(Cl)c(Cl)c1. The van der Waals surface area contributed by atoms with Crippen molar-refractivity contribution in [2.45, 2.75) is 12.8 Å². The van der Waals surface area contributed by atoms with Crippen molar-refractivity contribution in [3.05, 3.63) is 28.2 Å². The highest BCUT2D eigenvalue weighted by molar-refractivity contribution is 6.42. The average Bonchev–Trinajstić information content (AvgIpc) is 3.17. The minimum atomic E-state index is -0.205. The molecule has 1 fully saturated rings. The molecule has 2 rings (SSSR count). The summed E-state index contributed by atoms with van der Waals surface area (Å²) in [6, 6.07) is 4.76. The van der Waals surface area contributed by atoms with E-state index in [4.69, 9.17) is 29.6 Å². The van der Waals surface area contributed by atoms with Gasteiger partial charge in [0.15, 0.2) is 0 Å². The summed E-state index contributed by atoms with van der Waals surface area (Å²) in [6.07, 6.45) is 7.63. The van der Waals surface area contributed by atoms with Gasteiger partial charge in [0, 0.05) is 12.2 Å². The molecule has 0 spiro atoms. The van der Waals surface area contributed by atoms with E-state index in [-0.39, 0.29) is 6.03 Å². The molecular formula is C14H14Cl2N2O. The van der Waals surface area contributed by atoms with E-state index in [2.05, 4.69) is 11.2 Å². The van der Waals surface area contributed by atoms with Gasteiger partial charge in [-0.15, -0.1) is 6.42 Å². The van der Waals surface area contributed by atoms with Crippen LogP contribution in [0.3, 0.4) is 0 Å². The fourth-order valence-electron chi connectivity index (χ4n) is 1.72. The molecule has 1 aromatic carbocycles. The third-order valence-electron chi connectivity index (χ3n) is 2.92. The van der Waals surface area contributed by atoms with Gasteiger partial charge in [-0.25, -0.2) is 4.79 Å². The fourth-order valence-corrected chi connectivity index (χ4v) is 2.02. The summed E-state index contributed by atoms with van der Waals surface area (Å²) < 4.78 is 0. The molecule has 1 aromatic rings. The Kier molecular flexibility index (Phi) is 4.57. The van der Waals surface area contributed by atoms with Crippen LogP contribution in [0.5, 0.6) is 0 Å². The Labute approximate surface area is 122 Å². The normalized spacial score (nSPS) is 13.7. The van der Waals surface area contributed by atoms with Gasteiger partial charge >= 0.3 is 6.03 Å². The van der Waals surface area contributed by atoms with E-state index in [1.165, 1.54) is 12.8 Å². The van der Waals surface area contributed by atoms with Crippen LogP contribution in [-0.2, 0) is 0 Å². The summed E-state index contributed by atoms with van der Waals surface area (Å²) in [4.78, 5) is 13.7. The maximum atomic E-state index is 12.1. The number of nitrogens with zero attached hydrogens (tertiary/aromatic N) is 1. The minimum absolute atomic E-state index is 0.205. The largest absolute Gasteiger partial charge is 0.322 e. The Hall–Kier alpha value is -1.37. The molecule has 0 unspecified atom stereocenters. The summed E-state index contributed by atoms with van der Waals surface area (Å²) in [6.45, 7) is 1.01. The summed E-state index contributed by atoms with van der Waals surface area (Å²) in [7, 11) is 0. The lowest BCUT2D eigenvalue weighted by molar-refractivity contribution is 0.216.